The van der Waals surface area contributed by atoms with Gasteiger partial charge in [0.05, 0.1) is 6.20 Å². The van der Waals surface area contributed by atoms with Gasteiger partial charge in [0, 0.05) is 0 Å². The van der Waals surface area contributed by atoms with Gasteiger partial charge in [-0.15, -0.1) is 15.0 Å². The lowest BCUT2D eigenvalue weighted by atomic mass is 9.83. The van der Waals surface area contributed by atoms with Crippen molar-refractivity contribution in [2.24, 2.45) is 0 Å². The van der Waals surface area contributed by atoms with Gasteiger partial charge in [0.1, 0.15) is 28.7 Å². The molecule has 1 atom stereocenters. The quantitative estimate of drug-likeness (QED) is 0.490. The summed E-state index contributed by atoms with van der Waals surface area (Å²) in [5, 5.41) is 19.9. The first-order valence-electron chi connectivity index (χ1n) is 9.83. The molecule has 29 heavy (non-hydrogen) atoms. The van der Waals surface area contributed by atoms with Crippen LogP contribution >= 0.6 is 0 Å². The standard InChI is InChI=1S/C20H25N3O.C3H3NO/c1-6-13(2)15-11-14(20(3,4)5)12-18(19(15)24)23-21-16-9-7-8-10-17(16)22-23;1-2-5-3-4-1/h7-13,24H,6H2,1-5H3;1-3H. The summed E-state index contributed by atoms with van der Waals surface area (Å²) in [5.41, 5.74) is 4.41. The Labute approximate surface area is 171 Å². The number of benzene rings is 2. The lowest BCUT2D eigenvalue weighted by Crippen LogP contribution is -2.14. The Kier molecular flexibility index (Phi) is 6.01. The molecule has 0 aliphatic heterocycles. The second-order valence-corrected chi connectivity index (χ2v) is 8.15. The fourth-order valence-corrected chi connectivity index (χ4v) is 2.97. The third kappa shape index (κ3) is 4.65. The summed E-state index contributed by atoms with van der Waals surface area (Å²) in [6.45, 7) is 10.8. The highest BCUT2D eigenvalue weighted by Gasteiger charge is 2.22. The van der Waals surface area contributed by atoms with Gasteiger partial charge in [0.15, 0.2) is 6.39 Å². The van der Waals surface area contributed by atoms with Crippen molar-refractivity contribution < 1.29 is 9.52 Å². The van der Waals surface area contributed by atoms with Gasteiger partial charge < -0.3 is 9.52 Å². The number of nitrogens with zero attached hydrogens (tertiary/aromatic N) is 4. The van der Waals surface area contributed by atoms with Crippen LogP contribution in [0.25, 0.3) is 16.7 Å². The Morgan fingerprint density at radius 3 is 2.21 bits per heavy atom. The highest BCUT2D eigenvalue weighted by Crippen LogP contribution is 2.37. The lowest BCUT2D eigenvalue weighted by molar-refractivity contribution is 0.452. The molecule has 0 fully saturated rings. The summed E-state index contributed by atoms with van der Waals surface area (Å²) in [6, 6.07) is 11.9. The van der Waals surface area contributed by atoms with E-state index < -0.39 is 0 Å². The van der Waals surface area contributed by atoms with E-state index in [2.05, 4.69) is 60.3 Å². The average Bonchev–Trinajstić information content (AvgIpc) is 3.39. The van der Waals surface area contributed by atoms with Crippen molar-refractivity contribution >= 4 is 11.0 Å². The van der Waals surface area contributed by atoms with Crippen molar-refractivity contribution in [3.05, 3.63) is 66.4 Å². The van der Waals surface area contributed by atoms with Crippen molar-refractivity contribution in [1.29, 1.82) is 0 Å². The number of hydrogen-bond donors (Lipinski definition) is 1. The molecule has 4 rings (SSSR count). The second-order valence-electron chi connectivity index (χ2n) is 8.15. The van der Waals surface area contributed by atoms with Crippen molar-refractivity contribution in [2.75, 3.05) is 0 Å². The maximum atomic E-state index is 10.9. The smallest absolute Gasteiger partial charge is 0.180 e. The zero-order valence-corrected chi connectivity index (χ0v) is 17.6. The largest absolute Gasteiger partial charge is 0.505 e. The van der Waals surface area contributed by atoms with E-state index in [9.17, 15) is 5.11 Å². The van der Waals surface area contributed by atoms with Gasteiger partial charge in [-0.25, -0.2) is 4.98 Å². The first kappa shape index (κ1) is 20.6. The van der Waals surface area contributed by atoms with Crippen LogP contribution in [0.1, 0.15) is 58.1 Å². The van der Waals surface area contributed by atoms with Gasteiger partial charge in [-0.3, -0.25) is 0 Å². The van der Waals surface area contributed by atoms with E-state index in [4.69, 9.17) is 0 Å². The fourth-order valence-electron chi connectivity index (χ4n) is 2.97. The zero-order valence-electron chi connectivity index (χ0n) is 17.6. The lowest BCUT2D eigenvalue weighted by Gasteiger charge is -2.23. The van der Waals surface area contributed by atoms with Crippen LogP contribution in [0.15, 0.2) is 59.7 Å². The minimum Gasteiger partial charge on any atom is -0.505 e. The van der Waals surface area contributed by atoms with E-state index in [1.165, 1.54) is 18.2 Å². The fraction of sp³-hybridized carbons (Fsp3) is 0.348. The number of oxazole rings is 1. The number of aromatic hydroxyl groups is 1. The predicted molar refractivity (Wildman–Crippen MR) is 114 cm³/mol. The van der Waals surface area contributed by atoms with Gasteiger partial charge in [-0.05, 0) is 47.1 Å². The number of phenols is 1. The van der Waals surface area contributed by atoms with Crippen LogP contribution in [0.5, 0.6) is 5.75 Å². The normalized spacial score (nSPS) is 12.4. The molecule has 1 N–H and O–H groups in total. The van der Waals surface area contributed by atoms with E-state index in [1.54, 1.807) is 11.0 Å². The molecule has 2 aromatic heterocycles. The van der Waals surface area contributed by atoms with Crippen LogP contribution in [0.4, 0.5) is 0 Å². The molecule has 0 saturated heterocycles. The molecule has 0 spiro atoms. The van der Waals surface area contributed by atoms with Crippen LogP contribution in [0, 0.1) is 0 Å². The number of phenolic OH excluding ortho intramolecular Hbond substituents is 1. The van der Waals surface area contributed by atoms with Gasteiger partial charge in [0.2, 0.25) is 0 Å². The summed E-state index contributed by atoms with van der Waals surface area (Å²) in [7, 11) is 0. The van der Waals surface area contributed by atoms with Gasteiger partial charge in [-0.1, -0.05) is 52.8 Å². The van der Waals surface area contributed by atoms with Gasteiger partial charge >= 0.3 is 0 Å². The van der Waals surface area contributed by atoms with Crippen LogP contribution in [-0.2, 0) is 5.41 Å². The van der Waals surface area contributed by atoms with E-state index in [0.29, 0.717) is 5.69 Å². The molecule has 0 aliphatic rings. The molecule has 0 amide bonds. The third-order valence-electron chi connectivity index (χ3n) is 4.98. The summed E-state index contributed by atoms with van der Waals surface area (Å²) >= 11 is 0. The zero-order chi connectivity index (χ0) is 21.0. The molecule has 1 unspecified atom stereocenters. The molecular formula is C23H28N4O2. The van der Waals surface area contributed by atoms with Crippen LogP contribution in [-0.4, -0.2) is 25.1 Å². The Balaban J connectivity index is 0.000000419. The minimum atomic E-state index is -0.0166. The predicted octanol–water partition coefficient (Wildman–Crippen LogP) is 5.61. The minimum absolute atomic E-state index is 0.0166. The Hall–Kier alpha value is -3.15. The average molecular weight is 393 g/mol. The van der Waals surface area contributed by atoms with Crippen molar-refractivity contribution in [1.82, 2.24) is 20.0 Å². The maximum Gasteiger partial charge on any atom is 0.180 e. The first-order valence-corrected chi connectivity index (χ1v) is 9.83. The van der Waals surface area contributed by atoms with Crippen LogP contribution in [0.3, 0.4) is 0 Å². The van der Waals surface area contributed by atoms with E-state index >= 15 is 0 Å². The molecule has 0 bridgehead atoms. The highest BCUT2D eigenvalue weighted by molar-refractivity contribution is 5.73. The molecule has 2 heterocycles. The van der Waals surface area contributed by atoms with E-state index in [-0.39, 0.29) is 17.1 Å². The third-order valence-corrected chi connectivity index (χ3v) is 4.98. The molecule has 4 aromatic rings. The molecular weight excluding hydrogens is 364 g/mol. The topological polar surface area (TPSA) is 77.0 Å². The number of aromatic nitrogens is 4. The highest BCUT2D eigenvalue weighted by atomic mass is 16.3. The molecule has 0 aliphatic carbocycles. The van der Waals surface area contributed by atoms with Gasteiger partial charge in [0.25, 0.3) is 0 Å². The summed E-state index contributed by atoms with van der Waals surface area (Å²) in [5.74, 6) is 0.550. The van der Waals surface area contributed by atoms with Crippen molar-refractivity contribution in [3.8, 4) is 11.4 Å². The van der Waals surface area contributed by atoms with E-state index in [0.717, 1.165) is 23.0 Å². The monoisotopic (exact) mass is 392 g/mol. The molecule has 0 saturated carbocycles. The second kappa shape index (κ2) is 8.47. The Bertz CT molecular complexity index is 1010. The number of rotatable bonds is 3. The van der Waals surface area contributed by atoms with Crippen LogP contribution in [0.2, 0.25) is 0 Å². The Morgan fingerprint density at radius 1 is 1.10 bits per heavy atom. The molecule has 0 radical (unpaired) electrons. The SMILES string of the molecule is CCC(C)c1cc(C(C)(C)C)cc(-n2nc3ccccc3n2)c1O.c1cocn1. The number of fused-ring (bicyclic) bond motifs is 1. The van der Waals surface area contributed by atoms with E-state index in [1.807, 2.05) is 30.3 Å². The van der Waals surface area contributed by atoms with Gasteiger partial charge in [-0.2, -0.15) is 0 Å². The van der Waals surface area contributed by atoms with Crippen molar-refractivity contribution in [2.45, 2.75) is 52.4 Å². The van der Waals surface area contributed by atoms with Crippen LogP contribution < -0.4 is 0 Å². The molecule has 6 heteroatoms. The molecule has 2 aromatic carbocycles. The summed E-state index contributed by atoms with van der Waals surface area (Å²) < 4.78 is 4.47. The summed E-state index contributed by atoms with van der Waals surface area (Å²) in [6.07, 6.45) is 5.44. The molecule has 6 nitrogen and oxygen atoms in total. The first-order chi connectivity index (χ1) is 13.8. The van der Waals surface area contributed by atoms with Crippen molar-refractivity contribution in [3.63, 3.8) is 0 Å². The maximum absolute atomic E-state index is 10.9. The summed E-state index contributed by atoms with van der Waals surface area (Å²) in [4.78, 5) is 5.11. The Morgan fingerprint density at radius 2 is 1.76 bits per heavy atom. The number of hydrogen-bond acceptors (Lipinski definition) is 5. The molecule has 152 valence electrons.